The monoisotopic (exact) mass is 356 g/mol. The Hall–Kier alpha value is -1.88. The van der Waals surface area contributed by atoms with Crippen molar-refractivity contribution in [3.05, 3.63) is 35.9 Å². The number of anilines is 1. The molecule has 8 nitrogen and oxygen atoms in total. The standard InChI is InChI=1S/C13H16N4O4S2/c1-21-9-5-8-14-23(19,20)13-17-16-12(22-13)15-11(18)10-6-3-2-4-7-10/h2-4,6-7,14H,5,8-9H2,1H3,(H,15,16,18). The summed E-state index contributed by atoms with van der Waals surface area (Å²) < 4.78 is 31.1. The Morgan fingerprint density at radius 3 is 2.70 bits per heavy atom. The average molecular weight is 356 g/mol. The van der Waals surface area contributed by atoms with Crippen molar-refractivity contribution in [3.63, 3.8) is 0 Å². The molecule has 1 amide bonds. The molecule has 1 heterocycles. The third kappa shape index (κ3) is 5.06. The Balaban J connectivity index is 1.98. The summed E-state index contributed by atoms with van der Waals surface area (Å²) >= 11 is 0.791. The molecule has 1 aromatic heterocycles. The van der Waals surface area contributed by atoms with Gasteiger partial charge in [-0.25, -0.2) is 13.1 Å². The van der Waals surface area contributed by atoms with Crippen molar-refractivity contribution in [3.8, 4) is 0 Å². The maximum Gasteiger partial charge on any atom is 0.269 e. The van der Waals surface area contributed by atoms with E-state index in [0.29, 0.717) is 18.6 Å². The van der Waals surface area contributed by atoms with E-state index >= 15 is 0 Å². The first-order valence-corrected chi connectivity index (χ1v) is 9.01. The fourth-order valence-corrected chi connectivity index (χ4v) is 3.62. The molecule has 124 valence electrons. The zero-order chi connectivity index (χ0) is 16.7. The van der Waals surface area contributed by atoms with Gasteiger partial charge in [0.15, 0.2) is 0 Å². The van der Waals surface area contributed by atoms with Crippen molar-refractivity contribution in [1.82, 2.24) is 14.9 Å². The quantitative estimate of drug-likeness (QED) is 0.541. The molecular formula is C13H16N4O4S2. The number of amides is 1. The van der Waals surface area contributed by atoms with Gasteiger partial charge in [0.2, 0.25) is 9.47 Å². The van der Waals surface area contributed by atoms with Crippen molar-refractivity contribution in [2.24, 2.45) is 0 Å². The lowest BCUT2D eigenvalue weighted by Crippen LogP contribution is -2.25. The molecule has 2 rings (SSSR count). The molecule has 0 aliphatic heterocycles. The highest BCUT2D eigenvalue weighted by Gasteiger charge is 2.20. The molecular weight excluding hydrogens is 340 g/mol. The SMILES string of the molecule is COCCCNS(=O)(=O)c1nnc(NC(=O)c2ccccc2)s1. The zero-order valence-electron chi connectivity index (χ0n) is 12.4. The van der Waals surface area contributed by atoms with Gasteiger partial charge in [0.05, 0.1) is 0 Å². The van der Waals surface area contributed by atoms with Crippen molar-refractivity contribution >= 4 is 32.4 Å². The number of carbonyl (C=O) groups is 1. The lowest BCUT2D eigenvalue weighted by atomic mass is 10.2. The molecule has 1 aromatic carbocycles. The highest BCUT2D eigenvalue weighted by atomic mass is 32.2. The smallest absolute Gasteiger partial charge is 0.269 e. The van der Waals surface area contributed by atoms with Gasteiger partial charge in [-0.05, 0) is 18.6 Å². The van der Waals surface area contributed by atoms with Gasteiger partial charge in [0.25, 0.3) is 15.9 Å². The van der Waals surface area contributed by atoms with Crippen LogP contribution in [0.1, 0.15) is 16.8 Å². The summed E-state index contributed by atoms with van der Waals surface area (Å²) in [5, 5.41) is 9.93. The van der Waals surface area contributed by atoms with Crippen LogP contribution in [0, 0.1) is 0 Å². The van der Waals surface area contributed by atoms with Crippen LogP contribution in [0.25, 0.3) is 0 Å². The zero-order valence-corrected chi connectivity index (χ0v) is 14.0. The van der Waals surface area contributed by atoms with Crippen LogP contribution in [-0.4, -0.2) is 44.8 Å². The fourth-order valence-electron chi connectivity index (χ4n) is 1.61. The van der Waals surface area contributed by atoms with E-state index in [4.69, 9.17) is 4.74 Å². The minimum atomic E-state index is -3.73. The van der Waals surface area contributed by atoms with Crippen LogP contribution >= 0.6 is 11.3 Å². The molecule has 2 N–H and O–H groups in total. The Morgan fingerprint density at radius 1 is 1.26 bits per heavy atom. The number of carbonyl (C=O) groups excluding carboxylic acids is 1. The van der Waals surface area contributed by atoms with Crippen molar-refractivity contribution < 1.29 is 17.9 Å². The molecule has 0 aliphatic carbocycles. The maximum absolute atomic E-state index is 12.0. The predicted octanol–water partition coefficient (Wildman–Crippen LogP) is 1.11. The number of nitrogens with zero attached hydrogens (tertiary/aromatic N) is 2. The summed E-state index contributed by atoms with van der Waals surface area (Å²) in [7, 11) is -2.19. The number of hydrogen-bond acceptors (Lipinski definition) is 7. The third-order valence-corrected chi connectivity index (χ3v) is 5.38. The lowest BCUT2D eigenvalue weighted by molar-refractivity contribution is 0.102. The van der Waals surface area contributed by atoms with Crippen LogP contribution in [-0.2, 0) is 14.8 Å². The van der Waals surface area contributed by atoms with E-state index in [1.165, 1.54) is 0 Å². The highest BCUT2D eigenvalue weighted by Crippen LogP contribution is 2.20. The topological polar surface area (TPSA) is 110 Å². The Bertz CT molecular complexity index is 746. The minimum Gasteiger partial charge on any atom is -0.385 e. The molecule has 0 fully saturated rings. The number of ether oxygens (including phenoxy) is 1. The molecule has 0 saturated heterocycles. The Labute approximate surface area is 137 Å². The first-order valence-electron chi connectivity index (χ1n) is 6.71. The number of nitrogens with one attached hydrogen (secondary N) is 2. The van der Waals surface area contributed by atoms with Gasteiger partial charge >= 0.3 is 0 Å². The predicted molar refractivity (Wildman–Crippen MR) is 86.0 cm³/mol. The summed E-state index contributed by atoms with van der Waals surface area (Å²) in [4.78, 5) is 12.0. The normalized spacial score (nSPS) is 11.3. The molecule has 0 saturated carbocycles. The molecule has 0 unspecified atom stereocenters. The van der Waals surface area contributed by atoms with Crippen molar-refractivity contribution in [2.75, 3.05) is 25.6 Å². The van der Waals surface area contributed by atoms with Gasteiger partial charge in [-0.15, -0.1) is 10.2 Å². The van der Waals surface area contributed by atoms with Crippen molar-refractivity contribution in [2.45, 2.75) is 10.8 Å². The first-order chi connectivity index (χ1) is 11.0. The first kappa shape index (κ1) is 17.5. The lowest BCUT2D eigenvalue weighted by Gasteiger charge is -2.02. The molecule has 0 spiro atoms. The van der Waals surface area contributed by atoms with Gasteiger partial charge in [-0.3, -0.25) is 10.1 Å². The maximum atomic E-state index is 12.0. The summed E-state index contributed by atoms with van der Waals surface area (Å²) in [5.41, 5.74) is 0.449. The molecule has 2 aromatic rings. The molecule has 10 heteroatoms. The van der Waals surface area contributed by atoms with Crippen LogP contribution in [0.4, 0.5) is 5.13 Å². The van der Waals surface area contributed by atoms with E-state index in [2.05, 4.69) is 20.2 Å². The number of rotatable bonds is 8. The van der Waals surface area contributed by atoms with E-state index in [1.54, 1.807) is 37.4 Å². The molecule has 0 bridgehead atoms. The van der Waals surface area contributed by atoms with Crippen LogP contribution in [0.3, 0.4) is 0 Å². The summed E-state index contributed by atoms with van der Waals surface area (Å²) in [6.45, 7) is 0.693. The van der Waals surface area contributed by atoms with Crippen LogP contribution in [0.15, 0.2) is 34.7 Å². The van der Waals surface area contributed by atoms with Gasteiger partial charge < -0.3 is 4.74 Å². The van der Waals surface area contributed by atoms with Crippen LogP contribution < -0.4 is 10.0 Å². The Kier molecular flexibility index (Phi) is 6.16. The van der Waals surface area contributed by atoms with Gasteiger partial charge in [0, 0.05) is 25.8 Å². The van der Waals surface area contributed by atoms with E-state index in [1.807, 2.05) is 0 Å². The average Bonchev–Trinajstić information content (AvgIpc) is 3.02. The molecule has 0 aliphatic rings. The van der Waals surface area contributed by atoms with E-state index in [9.17, 15) is 13.2 Å². The largest absolute Gasteiger partial charge is 0.385 e. The van der Waals surface area contributed by atoms with Gasteiger partial charge in [-0.1, -0.05) is 29.5 Å². The van der Waals surface area contributed by atoms with Crippen LogP contribution in [0.5, 0.6) is 0 Å². The van der Waals surface area contributed by atoms with Gasteiger partial charge in [-0.2, -0.15) is 0 Å². The molecule has 23 heavy (non-hydrogen) atoms. The number of benzene rings is 1. The number of sulfonamides is 1. The van der Waals surface area contributed by atoms with E-state index in [-0.39, 0.29) is 21.9 Å². The fraction of sp³-hybridized carbons (Fsp3) is 0.308. The number of methoxy groups -OCH3 is 1. The molecule has 0 radical (unpaired) electrons. The second kappa shape index (κ2) is 8.11. The highest BCUT2D eigenvalue weighted by molar-refractivity contribution is 7.91. The summed E-state index contributed by atoms with van der Waals surface area (Å²) in [6.07, 6.45) is 0.548. The number of aromatic nitrogens is 2. The second-order valence-corrected chi connectivity index (χ2v) is 7.36. The van der Waals surface area contributed by atoms with E-state index < -0.39 is 10.0 Å². The summed E-state index contributed by atoms with van der Waals surface area (Å²) in [6, 6.07) is 8.54. The molecule has 0 atom stereocenters. The third-order valence-electron chi connectivity index (χ3n) is 2.71. The van der Waals surface area contributed by atoms with Gasteiger partial charge in [0.1, 0.15) is 0 Å². The minimum absolute atomic E-state index is 0.121. The van der Waals surface area contributed by atoms with Crippen molar-refractivity contribution in [1.29, 1.82) is 0 Å². The van der Waals surface area contributed by atoms with E-state index in [0.717, 1.165) is 11.3 Å². The summed E-state index contributed by atoms with van der Waals surface area (Å²) in [5.74, 6) is -0.376. The Morgan fingerprint density at radius 2 is 2.00 bits per heavy atom. The van der Waals surface area contributed by atoms with Crippen LogP contribution in [0.2, 0.25) is 0 Å². The second-order valence-electron chi connectivity index (χ2n) is 4.44. The number of hydrogen-bond donors (Lipinski definition) is 2.